The van der Waals surface area contributed by atoms with Crippen molar-refractivity contribution in [2.45, 2.75) is 46.0 Å². The summed E-state index contributed by atoms with van der Waals surface area (Å²) >= 11 is 0. The highest BCUT2D eigenvalue weighted by atomic mass is 19.1. The molecule has 0 spiro atoms. The van der Waals surface area contributed by atoms with Gasteiger partial charge in [-0.2, -0.15) is 0 Å². The van der Waals surface area contributed by atoms with Gasteiger partial charge in [-0.05, 0) is 42.7 Å². The first-order chi connectivity index (χ1) is 11.7. The Labute approximate surface area is 144 Å². The Hall–Kier alpha value is -2.03. The maximum absolute atomic E-state index is 14.3. The van der Waals surface area contributed by atoms with Gasteiger partial charge in [-0.15, -0.1) is 0 Å². The number of methoxy groups -OCH3 is 1. The fourth-order valence-corrected chi connectivity index (χ4v) is 2.68. The van der Waals surface area contributed by atoms with Crippen molar-refractivity contribution in [3.63, 3.8) is 0 Å². The molecule has 24 heavy (non-hydrogen) atoms. The van der Waals surface area contributed by atoms with Crippen molar-refractivity contribution in [2.24, 2.45) is 0 Å². The van der Waals surface area contributed by atoms with Crippen molar-refractivity contribution in [1.29, 1.82) is 0 Å². The van der Waals surface area contributed by atoms with Gasteiger partial charge in [0.2, 0.25) is 0 Å². The van der Waals surface area contributed by atoms with Crippen molar-refractivity contribution in [3.8, 4) is 22.6 Å². The highest BCUT2D eigenvalue weighted by Gasteiger charge is 2.13. The van der Waals surface area contributed by atoms with E-state index < -0.39 is 0 Å². The summed E-state index contributed by atoms with van der Waals surface area (Å²) in [6.07, 6.45) is 5.52. The number of unbranched alkanes of at least 4 members (excludes halogenated alkanes) is 3. The van der Waals surface area contributed by atoms with Gasteiger partial charge in [0.15, 0.2) is 0 Å². The third-order valence-corrected chi connectivity index (χ3v) is 4.17. The minimum absolute atomic E-state index is 0.268. The lowest BCUT2D eigenvalue weighted by atomic mass is 10.0. The second-order valence-corrected chi connectivity index (χ2v) is 5.94. The minimum Gasteiger partial charge on any atom is -0.497 e. The van der Waals surface area contributed by atoms with Crippen LogP contribution in [0.25, 0.3) is 11.1 Å². The largest absolute Gasteiger partial charge is 0.497 e. The number of aryl methyl sites for hydroxylation is 1. The standard InChI is InChI=1S/C21H27FO2/c1-4-6-7-8-13-24-21-14-16(5-2)9-11-18(21)19-15-17(23-3)10-12-20(19)22/h9-12,14-15H,4-8,13H2,1-3H3. The first-order valence-corrected chi connectivity index (χ1v) is 8.79. The fourth-order valence-electron chi connectivity index (χ4n) is 2.68. The monoisotopic (exact) mass is 330 g/mol. The first kappa shape index (κ1) is 18.3. The quantitative estimate of drug-likeness (QED) is 0.523. The second kappa shape index (κ2) is 9.31. The van der Waals surface area contributed by atoms with Gasteiger partial charge in [0.05, 0.1) is 13.7 Å². The van der Waals surface area contributed by atoms with Crippen LogP contribution in [0.4, 0.5) is 4.39 Å². The topological polar surface area (TPSA) is 18.5 Å². The third kappa shape index (κ3) is 4.73. The van der Waals surface area contributed by atoms with Gasteiger partial charge in [0, 0.05) is 11.1 Å². The zero-order valence-electron chi connectivity index (χ0n) is 14.9. The molecule has 0 aliphatic carbocycles. The van der Waals surface area contributed by atoms with E-state index in [0.717, 1.165) is 30.6 Å². The minimum atomic E-state index is -0.268. The van der Waals surface area contributed by atoms with Gasteiger partial charge >= 0.3 is 0 Å². The number of benzene rings is 2. The van der Waals surface area contributed by atoms with Crippen molar-refractivity contribution in [2.75, 3.05) is 13.7 Å². The number of ether oxygens (including phenoxy) is 2. The summed E-state index contributed by atoms with van der Waals surface area (Å²) in [6, 6.07) is 10.8. The van der Waals surface area contributed by atoms with E-state index in [1.165, 1.54) is 24.5 Å². The number of halogens is 1. The van der Waals surface area contributed by atoms with Crippen LogP contribution in [0, 0.1) is 5.82 Å². The summed E-state index contributed by atoms with van der Waals surface area (Å²) in [6.45, 7) is 4.95. The zero-order chi connectivity index (χ0) is 17.4. The Morgan fingerprint density at radius 1 is 0.917 bits per heavy atom. The zero-order valence-corrected chi connectivity index (χ0v) is 14.9. The molecule has 0 amide bonds. The van der Waals surface area contributed by atoms with Gasteiger partial charge in [0.25, 0.3) is 0 Å². The van der Waals surface area contributed by atoms with Crippen LogP contribution >= 0.6 is 0 Å². The van der Waals surface area contributed by atoms with E-state index in [1.54, 1.807) is 19.2 Å². The highest BCUT2D eigenvalue weighted by Crippen LogP contribution is 2.35. The molecule has 0 heterocycles. The molecular formula is C21H27FO2. The fraction of sp³-hybridized carbons (Fsp3) is 0.429. The van der Waals surface area contributed by atoms with E-state index in [2.05, 4.69) is 13.8 Å². The number of hydrogen-bond donors (Lipinski definition) is 0. The van der Waals surface area contributed by atoms with E-state index in [1.807, 2.05) is 18.2 Å². The average Bonchev–Trinajstić information content (AvgIpc) is 2.62. The molecule has 0 atom stereocenters. The Bertz CT molecular complexity index is 652. The van der Waals surface area contributed by atoms with Crippen LogP contribution in [0.5, 0.6) is 11.5 Å². The van der Waals surface area contributed by atoms with E-state index in [-0.39, 0.29) is 5.82 Å². The number of rotatable bonds is 9. The molecule has 2 aromatic carbocycles. The van der Waals surface area contributed by atoms with Crippen molar-refractivity contribution in [3.05, 3.63) is 47.8 Å². The van der Waals surface area contributed by atoms with E-state index in [0.29, 0.717) is 17.9 Å². The molecule has 0 aliphatic rings. The molecule has 0 N–H and O–H groups in total. The van der Waals surface area contributed by atoms with Crippen LogP contribution < -0.4 is 9.47 Å². The average molecular weight is 330 g/mol. The Kier molecular flexibility index (Phi) is 7.10. The molecule has 3 heteroatoms. The van der Waals surface area contributed by atoms with Crippen LogP contribution in [-0.2, 0) is 6.42 Å². The van der Waals surface area contributed by atoms with Crippen molar-refractivity contribution >= 4 is 0 Å². The molecular weight excluding hydrogens is 303 g/mol. The smallest absolute Gasteiger partial charge is 0.131 e. The molecule has 2 nitrogen and oxygen atoms in total. The van der Waals surface area contributed by atoms with Gasteiger partial charge in [-0.25, -0.2) is 4.39 Å². The maximum Gasteiger partial charge on any atom is 0.131 e. The third-order valence-electron chi connectivity index (χ3n) is 4.17. The molecule has 0 aromatic heterocycles. The second-order valence-electron chi connectivity index (χ2n) is 5.94. The molecule has 0 saturated carbocycles. The molecule has 2 aromatic rings. The van der Waals surface area contributed by atoms with E-state index >= 15 is 0 Å². The summed E-state index contributed by atoms with van der Waals surface area (Å²) < 4.78 is 25.6. The van der Waals surface area contributed by atoms with E-state index in [4.69, 9.17) is 9.47 Å². The maximum atomic E-state index is 14.3. The molecule has 0 fully saturated rings. The lowest BCUT2D eigenvalue weighted by Crippen LogP contribution is -2.00. The first-order valence-electron chi connectivity index (χ1n) is 8.79. The summed E-state index contributed by atoms with van der Waals surface area (Å²) in [5, 5.41) is 0. The lowest BCUT2D eigenvalue weighted by molar-refractivity contribution is 0.306. The SMILES string of the molecule is CCCCCCOc1cc(CC)ccc1-c1cc(OC)ccc1F. The molecule has 0 saturated heterocycles. The normalized spacial score (nSPS) is 10.7. The predicted octanol–water partition coefficient (Wildman–Crippen LogP) is 6.02. The Balaban J connectivity index is 2.28. The van der Waals surface area contributed by atoms with E-state index in [9.17, 15) is 4.39 Å². The molecule has 0 radical (unpaired) electrons. The number of hydrogen-bond acceptors (Lipinski definition) is 2. The van der Waals surface area contributed by atoms with Crippen LogP contribution in [-0.4, -0.2) is 13.7 Å². The predicted molar refractivity (Wildman–Crippen MR) is 97.4 cm³/mol. The highest BCUT2D eigenvalue weighted by molar-refractivity contribution is 5.72. The Morgan fingerprint density at radius 3 is 2.46 bits per heavy atom. The summed E-state index contributed by atoms with van der Waals surface area (Å²) in [7, 11) is 1.59. The van der Waals surface area contributed by atoms with Gasteiger partial charge in [-0.1, -0.05) is 45.2 Å². The molecule has 0 bridgehead atoms. The van der Waals surface area contributed by atoms with Crippen molar-refractivity contribution in [1.82, 2.24) is 0 Å². The van der Waals surface area contributed by atoms with Gasteiger partial charge in [0.1, 0.15) is 17.3 Å². The van der Waals surface area contributed by atoms with Crippen molar-refractivity contribution < 1.29 is 13.9 Å². The molecule has 130 valence electrons. The van der Waals surface area contributed by atoms with Crippen LogP contribution in [0.15, 0.2) is 36.4 Å². The molecule has 2 rings (SSSR count). The van der Waals surface area contributed by atoms with Crippen LogP contribution in [0.1, 0.15) is 45.1 Å². The van der Waals surface area contributed by atoms with Gasteiger partial charge in [-0.3, -0.25) is 0 Å². The van der Waals surface area contributed by atoms with Gasteiger partial charge < -0.3 is 9.47 Å². The molecule has 0 aliphatic heterocycles. The van der Waals surface area contributed by atoms with Crippen LogP contribution in [0.2, 0.25) is 0 Å². The summed E-state index contributed by atoms with van der Waals surface area (Å²) in [5.41, 5.74) is 2.48. The summed E-state index contributed by atoms with van der Waals surface area (Å²) in [5.74, 6) is 1.12. The Morgan fingerprint density at radius 2 is 1.75 bits per heavy atom. The summed E-state index contributed by atoms with van der Waals surface area (Å²) in [4.78, 5) is 0. The lowest BCUT2D eigenvalue weighted by Gasteiger charge is -2.14. The molecule has 0 unspecified atom stereocenters. The van der Waals surface area contributed by atoms with Crippen LogP contribution in [0.3, 0.4) is 0 Å².